The molecule has 0 atom stereocenters. The summed E-state index contributed by atoms with van der Waals surface area (Å²) in [5, 5.41) is 13.1. The molecule has 2 rings (SSSR count). The van der Waals surface area contributed by atoms with E-state index in [1.807, 2.05) is 19.2 Å². The second kappa shape index (κ2) is 7.72. The van der Waals surface area contributed by atoms with Gasteiger partial charge in [0.05, 0.1) is 6.54 Å². The number of hydrogen-bond donors (Lipinski definition) is 1. The van der Waals surface area contributed by atoms with Gasteiger partial charge in [0.1, 0.15) is 0 Å². The van der Waals surface area contributed by atoms with Gasteiger partial charge in [0, 0.05) is 11.0 Å². The van der Waals surface area contributed by atoms with Gasteiger partial charge in [-0.05, 0) is 59.1 Å². The normalized spacial score (nSPS) is 11.9. The van der Waals surface area contributed by atoms with Crippen LogP contribution in [0.1, 0.15) is 16.7 Å². The van der Waals surface area contributed by atoms with E-state index in [1.165, 1.54) is 11.1 Å². The van der Waals surface area contributed by atoms with Crippen molar-refractivity contribution in [2.24, 2.45) is 0 Å². The van der Waals surface area contributed by atoms with Crippen LogP contribution in [0.5, 0.6) is 0 Å². The van der Waals surface area contributed by atoms with Crippen molar-refractivity contribution in [3.63, 3.8) is 0 Å². The van der Waals surface area contributed by atoms with Crippen molar-refractivity contribution < 1.29 is 9.90 Å². The zero-order valence-electron chi connectivity index (χ0n) is 12.5. The molecule has 1 aromatic carbocycles. The number of aliphatic carboxylic acids is 1. The van der Waals surface area contributed by atoms with Crippen LogP contribution in [0.25, 0.3) is 5.57 Å². The number of benzene rings is 1. The van der Waals surface area contributed by atoms with Gasteiger partial charge in [-0.15, -0.1) is 0 Å². The number of carboxylic acids is 1. The van der Waals surface area contributed by atoms with Crippen LogP contribution in [0.2, 0.25) is 0 Å². The number of thiophene rings is 1. The first kappa shape index (κ1) is 16.9. The summed E-state index contributed by atoms with van der Waals surface area (Å²) in [7, 11) is 1.81. The fourth-order valence-electron chi connectivity index (χ4n) is 2.19. The fourth-order valence-corrected chi connectivity index (χ4v) is 3.30. The Balaban J connectivity index is 2.32. The van der Waals surface area contributed by atoms with Crippen molar-refractivity contribution in [3.05, 3.63) is 62.3 Å². The molecular weight excluding hydrogens is 362 g/mol. The van der Waals surface area contributed by atoms with E-state index >= 15 is 0 Å². The summed E-state index contributed by atoms with van der Waals surface area (Å²) in [5.41, 5.74) is 4.72. The highest BCUT2D eigenvalue weighted by atomic mass is 79.9. The molecule has 0 bridgehead atoms. The third-order valence-electron chi connectivity index (χ3n) is 3.31. The molecule has 0 saturated heterocycles. The molecular formula is C17H18BrNO2S. The van der Waals surface area contributed by atoms with E-state index in [0.717, 1.165) is 15.6 Å². The van der Waals surface area contributed by atoms with Crippen molar-refractivity contribution >= 4 is 38.8 Å². The zero-order chi connectivity index (χ0) is 16.1. The maximum Gasteiger partial charge on any atom is 0.317 e. The third kappa shape index (κ3) is 4.53. The van der Waals surface area contributed by atoms with Crippen molar-refractivity contribution in [1.29, 1.82) is 0 Å². The third-order valence-corrected chi connectivity index (χ3v) is 4.70. The largest absolute Gasteiger partial charge is 0.480 e. The quantitative estimate of drug-likeness (QED) is 0.814. The van der Waals surface area contributed by atoms with Crippen LogP contribution in [0.4, 0.5) is 0 Å². The van der Waals surface area contributed by atoms with E-state index in [9.17, 15) is 4.79 Å². The second-order valence-corrected chi connectivity index (χ2v) is 6.84. The Morgan fingerprint density at radius 3 is 2.55 bits per heavy atom. The maximum absolute atomic E-state index is 10.8. The van der Waals surface area contributed by atoms with E-state index in [4.69, 9.17) is 5.11 Å². The van der Waals surface area contributed by atoms with Gasteiger partial charge < -0.3 is 5.11 Å². The number of carbonyl (C=O) groups is 1. The van der Waals surface area contributed by atoms with Gasteiger partial charge in [-0.2, -0.15) is 11.3 Å². The molecule has 0 saturated carbocycles. The highest BCUT2D eigenvalue weighted by Gasteiger charge is 2.10. The van der Waals surface area contributed by atoms with Gasteiger partial charge >= 0.3 is 5.97 Å². The Kier molecular flexibility index (Phi) is 5.94. The smallest absolute Gasteiger partial charge is 0.317 e. The van der Waals surface area contributed by atoms with E-state index in [2.05, 4.69) is 51.8 Å². The van der Waals surface area contributed by atoms with Crippen molar-refractivity contribution in [3.8, 4) is 0 Å². The number of carboxylic acid groups (broad SMARTS) is 1. The molecule has 1 N–H and O–H groups in total. The molecule has 1 aromatic heterocycles. The van der Waals surface area contributed by atoms with Gasteiger partial charge in [0.15, 0.2) is 0 Å². The molecule has 3 nitrogen and oxygen atoms in total. The van der Waals surface area contributed by atoms with E-state index in [1.54, 1.807) is 16.2 Å². The van der Waals surface area contributed by atoms with E-state index < -0.39 is 5.97 Å². The van der Waals surface area contributed by atoms with Gasteiger partial charge in [-0.1, -0.05) is 34.1 Å². The van der Waals surface area contributed by atoms with Crippen LogP contribution in [-0.4, -0.2) is 36.1 Å². The molecule has 1 heterocycles. The lowest BCUT2D eigenvalue weighted by atomic mass is 9.97. The minimum atomic E-state index is -0.812. The summed E-state index contributed by atoms with van der Waals surface area (Å²) >= 11 is 5.14. The standard InChI is InChI=1S/C17H18BrNO2S/c1-12-10-22-11-16(12)15(7-8-19(2)9-17(20)21)13-3-5-14(18)6-4-13/h3-7,10-11H,8-9H2,1-2H3,(H,20,21). The zero-order valence-corrected chi connectivity index (χ0v) is 14.9. The molecule has 0 spiro atoms. The lowest BCUT2D eigenvalue weighted by Gasteiger charge is -2.14. The van der Waals surface area contributed by atoms with Gasteiger partial charge in [0.25, 0.3) is 0 Å². The minimum absolute atomic E-state index is 0.0345. The number of aryl methyl sites for hydroxylation is 1. The van der Waals surface area contributed by atoms with Crippen LogP contribution in [0.15, 0.2) is 45.6 Å². The lowest BCUT2D eigenvalue weighted by Crippen LogP contribution is -2.25. The van der Waals surface area contributed by atoms with E-state index in [0.29, 0.717) is 6.54 Å². The molecule has 22 heavy (non-hydrogen) atoms. The molecule has 0 unspecified atom stereocenters. The van der Waals surface area contributed by atoms with Gasteiger partial charge in [-0.3, -0.25) is 9.69 Å². The highest BCUT2D eigenvalue weighted by Crippen LogP contribution is 2.29. The molecule has 0 fully saturated rings. The molecule has 0 amide bonds. The van der Waals surface area contributed by atoms with Gasteiger partial charge in [0.2, 0.25) is 0 Å². The Bertz CT molecular complexity index is 676. The molecule has 116 valence electrons. The summed E-state index contributed by atoms with van der Waals surface area (Å²) in [5.74, 6) is -0.812. The second-order valence-electron chi connectivity index (χ2n) is 5.18. The molecule has 0 aliphatic heterocycles. The average molecular weight is 380 g/mol. The number of nitrogens with zero attached hydrogens (tertiary/aromatic N) is 1. The first-order valence-corrected chi connectivity index (χ1v) is 8.60. The van der Waals surface area contributed by atoms with Crippen LogP contribution >= 0.6 is 27.3 Å². The number of hydrogen-bond acceptors (Lipinski definition) is 3. The van der Waals surface area contributed by atoms with Crippen LogP contribution in [0, 0.1) is 6.92 Å². The first-order chi connectivity index (χ1) is 10.5. The van der Waals surface area contributed by atoms with Crippen LogP contribution in [0.3, 0.4) is 0 Å². The van der Waals surface area contributed by atoms with Crippen LogP contribution < -0.4 is 0 Å². The number of halogens is 1. The molecule has 0 radical (unpaired) electrons. The predicted octanol–water partition coefficient (Wildman–Crippen LogP) is 4.27. The Morgan fingerprint density at radius 2 is 2.00 bits per heavy atom. The van der Waals surface area contributed by atoms with Crippen molar-refractivity contribution in [2.45, 2.75) is 6.92 Å². The average Bonchev–Trinajstić information content (AvgIpc) is 2.86. The summed E-state index contributed by atoms with van der Waals surface area (Å²) in [4.78, 5) is 12.6. The molecule has 0 aliphatic carbocycles. The fraction of sp³-hybridized carbons (Fsp3) is 0.235. The summed E-state index contributed by atoms with van der Waals surface area (Å²) in [6, 6.07) is 8.19. The van der Waals surface area contributed by atoms with Crippen molar-refractivity contribution in [2.75, 3.05) is 20.1 Å². The molecule has 5 heteroatoms. The summed E-state index contributed by atoms with van der Waals surface area (Å²) < 4.78 is 1.04. The SMILES string of the molecule is Cc1cscc1C(=CCN(C)CC(=O)O)c1ccc(Br)cc1. The predicted molar refractivity (Wildman–Crippen MR) is 95.4 cm³/mol. The molecule has 2 aromatic rings. The highest BCUT2D eigenvalue weighted by molar-refractivity contribution is 9.10. The number of likely N-dealkylation sites (N-methyl/N-ethyl adjacent to an activating group) is 1. The van der Waals surface area contributed by atoms with Gasteiger partial charge in [-0.25, -0.2) is 0 Å². The van der Waals surface area contributed by atoms with Crippen molar-refractivity contribution in [1.82, 2.24) is 4.90 Å². The molecule has 0 aliphatic rings. The lowest BCUT2D eigenvalue weighted by molar-refractivity contribution is -0.137. The Hall–Kier alpha value is -1.43. The van der Waals surface area contributed by atoms with E-state index in [-0.39, 0.29) is 6.54 Å². The summed E-state index contributed by atoms with van der Waals surface area (Å²) in [6.07, 6.45) is 2.10. The monoisotopic (exact) mass is 379 g/mol. The summed E-state index contributed by atoms with van der Waals surface area (Å²) in [6.45, 7) is 2.72. The minimum Gasteiger partial charge on any atom is -0.480 e. The van der Waals surface area contributed by atoms with Crippen LogP contribution in [-0.2, 0) is 4.79 Å². The Morgan fingerprint density at radius 1 is 1.32 bits per heavy atom. The number of rotatable bonds is 6. The first-order valence-electron chi connectivity index (χ1n) is 6.87. The Labute approximate surface area is 143 Å². The topological polar surface area (TPSA) is 40.5 Å². The maximum atomic E-state index is 10.8.